The minimum Gasteiger partial charge on any atom is -0.350 e. The van der Waals surface area contributed by atoms with E-state index in [1.54, 1.807) is 11.3 Å². The van der Waals surface area contributed by atoms with Crippen molar-refractivity contribution in [2.75, 3.05) is 5.88 Å². The third-order valence-electron chi connectivity index (χ3n) is 1.92. The lowest BCUT2D eigenvalue weighted by atomic mass is 10.3. The van der Waals surface area contributed by atoms with Crippen molar-refractivity contribution < 1.29 is 4.79 Å². The molecule has 1 amide bonds. The van der Waals surface area contributed by atoms with Crippen molar-refractivity contribution in [2.45, 2.75) is 32.7 Å². The molecule has 1 rings (SSSR count). The van der Waals surface area contributed by atoms with Crippen LogP contribution in [0.3, 0.4) is 0 Å². The van der Waals surface area contributed by atoms with Gasteiger partial charge in [-0.05, 0) is 12.8 Å². The molecule has 0 saturated heterocycles. The van der Waals surface area contributed by atoms with Crippen LogP contribution in [0.25, 0.3) is 0 Å². The number of nitrogens with one attached hydrogen (secondary N) is 1. The molecule has 0 unspecified atom stereocenters. The summed E-state index contributed by atoms with van der Waals surface area (Å²) in [6.07, 6.45) is 4.09. The van der Waals surface area contributed by atoms with Gasteiger partial charge in [0.2, 0.25) is 5.91 Å². The standard InChI is InChI=1S/C10H15ClN2OS/c1-2-8-6-13-10(15-8)7-12-9(14)4-3-5-11/h6H,2-5,7H2,1H3,(H,12,14). The Labute approximate surface area is 98.9 Å². The van der Waals surface area contributed by atoms with E-state index >= 15 is 0 Å². The second-order valence-corrected chi connectivity index (χ2v) is 4.72. The number of thiazole rings is 1. The van der Waals surface area contributed by atoms with Crippen LogP contribution < -0.4 is 5.32 Å². The van der Waals surface area contributed by atoms with Gasteiger partial charge in [0.1, 0.15) is 5.01 Å². The molecule has 1 N–H and O–H groups in total. The van der Waals surface area contributed by atoms with E-state index in [2.05, 4.69) is 17.2 Å². The molecule has 5 heteroatoms. The van der Waals surface area contributed by atoms with E-state index in [-0.39, 0.29) is 5.91 Å². The molecule has 0 bridgehead atoms. The van der Waals surface area contributed by atoms with Crippen molar-refractivity contribution >= 4 is 28.8 Å². The Morgan fingerprint density at radius 3 is 3.07 bits per heavy atom. The maximum absolute atomic E-state index is 11.3. The van der Waals surface area contributed by atoms with Gasteiger partial charge in [-0.25, -0.2) is 4.98 Å². The fraction of sp³-hybridized carbons (Fsp3) is 0.600. The van der Waals surface area contributed by atoms with Gasteiger partial charge in [-0.1, -0.05) is 6.92 Å². The minimum absolute atomic E-state index is 0.0453. The quantitative estimate of drug-likeness (QED) is 0.783. The summed E-state index contributed by atoms with van der Waals surface area (Å²) in [6, 6.07) is 0. The van der Waals surface area contributed by atoms with Crippen molar-refractivity contribution in [1.82, 2.24) is 10.3 Å². The van der Waals surface area contributed by atoms with Crippen LogP contribution in [0.5, 0.6) is 0 Å². The average molecular weight is 247 g/mol. The zero-order valence-corrected chi connectivity index (χ0v) is 10.3. The van der Waals surface area contributed by atoms with Crippen molar-refractivity contribution in [2.24, 2.45) is 0 Å². The Bertz CT molecular complexity index is 314. The van der Waals surface area contributed by atoms with E-state index in [4.69, 9.17) is 11.6 Å². The fourth-order valence-corrected chi connectivity index (χ4v) is 2.02. The predicted molar refractivity (Wildman–Crippen MR) is 63.3 cm³/mol. The Morgan fingerprint density at radius 1 is 1.67 bits per heavy atom. The maximum Gasteiger partial charge on any atom is 0.220 e. The Balaban J connectivity index is 2.27. The summed E-state index contributed by atoms with van der Waals surface area (Å²) in [5, 5.41) is 3.79. The molecule has 3 nitrogen and oxygen atoms in total. The second-order valence-electron chi connectivity index (χ2n) is 3.14. The highest BCUT2D eigenvalue weighted by Crippen LogP contribution is 2.12. The monoisotopic (exact) mass is 246 g/mol. The SMILES string of the molecule is CCc1cnc(CNC(=O)CCCCl)s1. The molecule has 0 aliphatic carbocycles. The van der Waals surface area contributed by atoms with Gasteiger partial charge in [0.05, 0.1) is 6.54 Å². The topological polar surface area (TPSA) is 42.0 Å². The van der Waals surface area contributed by atoms with Gasteiger partial charge >= 0.3 is 0 Å². The maximum atomic E-state index is 11.3. The second kappa shape index (κ2) is 6.80. The number of aryl methyl sites for hydroxylation is 1. The van der Waals surface area contributed by atoms with Crippen LogP contribution in [0.2, 0.25) is 0 Å². The lowest BCUT2D eigenvalue weighted by Gasteiger charge is -2.00. The number of amides is 1. The Hall–Kier alpha value is -0.610. The number of hydrogen-bond donors (Lipinski definition) is 1. The molecule has 15 heavy (non-hydrogen) atoms. The first-order valence-electron chi connectivity index (χ1n) is 5.02. The van der Waals surface area contributed by atoms with Gasteiger partial charge in [-0.3, -0.25) is 4.79 Å². The molecule has 0 aliphatic heterocycles. The smallest absolute Gasteiger partial charge is 0.220 e. The Kier molecular flexibility index (Phi) is 5.65. The third-order valence-corrected chi connectivity index (χ3v) is 3.33. The number of aromatic nitrogens is 1. The summed E-state index contributed by atoms with van der Waals surface area (Å²) in [7, 11) is 0. The van der Waals surface area contributed by atoms with Crippen LogP contribution >= 0.6 is 22.9 Å². The number of carbonyl (C=O) groups excluding carboxylic acids is 1. The van der Waals surface area contributed by atoms with Crippen LogP contribution in [0, 0.1) is 0 Å². The molecule has 0 aromatic carbocycles. The number of rotatable bonds is 6. The van der Waals surface area contributed by atoms with E-state index in [0.29, 0.717) is 18.8 Å². The summed E-state index contributed by atoms with van der Waals surface area (Å²) in [5.74, 6) is 0.578. The number of hydrogen-bond acceptors (Lipinski definition) is 3. The first-order valence-corrected chi connectivity index (χ1v) is 6.37. The number of carbonyl (C=O) groups is 1. The largest absolute Gasteiger partial charge is 0.350 e. The van der Waals surface area contributed by atoms with Crippen molar-refractivity contribution in [3.05, 3.63) is 16.1 Å². The van der Waals surface area contributed by atoms with E-state index in [0.717, 1.165) is 17.8 Å². The van der Waals surface area contributed by atoms with E-state index in [1.165, 1.54) is 4.88 Å². The summed E-state index contributed by atoms with van der Waals surface area (Å²) in [6.45, 7) is 2.63. The van der Waals surface area contributed by atoms with Crippen LogP contribution in [-0.4, -0.2) is 16.8 Å². The Morgan fingerprint density at radius 2 is 2.47 bits per heavy atom. The molecule has 0 saturated carbocycles. The van der Waals surface area contributed by atoms with E-state index in [1.807, 2.05) is 6.20 Å². The van der Waals surface area contributed by atoms with Crippen molar-refractivity contribution in [3.63, 3.8) is 0 Å². The molecular weight excluding hydrogens is 232 g/mol. The van der Waals surface area contributed by atoms with Gasteiger partial charge in [0.25, 0.3) is 0 Å². The third kappa shape index (κ3) is 4.62. The van der Waals surface area contributed by atoms with Gasteiger partial charge in [0, 0.05) is 23.4 Å². The molecule has 84 valence electrons. The van der Waals surface area contributed by atoms with Gasteiger partial charge in [0.15, 0.2) is 0 Å². The molecular formula is C10H15ClN2OS. The molecule has 1 heterocycles. The van der Waals surface area contributed by atoms with Crippen molar-refractivity contribution in [3.8, 4) is 0 Å². The van der Waals surface area contributed by atoms with Crippen LogP contribution in [0.15, 0.2) is 6.20 Å². The zero-order chi connectivity index (χ0) is 11.1. The van der Waals surface area contributed by atoms with Crippen LogP contribution in [-0.2, 0) is 17.8 Å². The average Bonchev–Trinajstić information content (AvgIpc) is 2.71. The molecule has 0 aliphatic rings. The van der Waals surface area contributed by atoms with Crippen LogP contribution in [0.1, 0.15) is 29.7 Å². The lowest BCUT2D eigenvalue weighted by molar-refractivity contribution is -0.121. The molecule has 0 radical (unpaired) electrons. The highest BCUT2D eigenvalue weighted by atomic mass is 35.5. The summed E-state index contributed by atoms with van der Waals surface area (Å²) in [5.41, 5.74) is 0. The van der Waals surface area contributed by atoms with Crippen molar-refractivity contribution in [1.29, 1.82) is 0 Å². The summed E-state index contributed by atoms with van der Waals surface area (Å²) >= 11 is 7.14. The van der Waals surface area contributed by atoms with E-state index in [9.17, 15) is 4.79 Å². The summed E-state index contributed by atoms with van der Waals surface area (Å²) < 4.78 is 0. The minimum atomic E-state index is 0.0453. The zero-order valence-electron chi connectivity index (χ0n) is 8.75. The predicted octanol–water partition coefficient (Wildman–Crippen LogP) is 2.34. The normalized spacial score (nSPS) is 10.3. The molecule has 0 atom stereocenters. The lowest BCUT2D eigenvalue weighted by Crippen LogP contribution is -2.22. The number of halogens is 1. The highest BCUT2D eigenvalue weighted by molar-refractivity contribution is 7.11. The van der Waals surface area contributed by atoms with E-state index < -0.39 is 0 Å². The van der Waals surface area contributed by atoms with Gasteiger partial charge in [-0.2, -0.15) is 0 Å². The highest BCUT2D eigenvalue weighted by Gasteiger charge is 2.03. The molecule has 1 aromatic heterocycles. The van der Waals surface area contributed by atoms with Gasteiger partial charge < -0.3 is 5.32 Å². The van der Waals surface area contributed by atoms with Gasteiger partial charge in [-0.15, -0.1) is 22.9 Å². The fourth-order valence-electron chi connectivity index (χ4n) is 1.08. The number of nitrogens with zero attached hydrogens (tertiary/aromatic N) is 1. The van der Waals surface area contributed by atoms with Crippen LogP contribution in [0.4, 0.5) is 0 Å². The first kappa shape index (κ1) is 12.5. The molecule has 0 spiro atoms. The number of alkyl halides is 1. The summed E-state index contributed by atoms with van der Waals surface area (Å²) in [4.78, 5) is 16.7. The first-order chi connectivity index (χ1) is 7.26. The molecule has 1 aromatic rings. The molecule has 0 fully saturated rings.